The van der Waals surface area contributed by atoms with E-state index in [1.54, 1.807) is 6.20 Å². The zero-order valence-electron chi connectivity index (χ0n) is 6.60. The Kier molecular flexibility index (Phi) is 2.49. The predicted molar refractivity (Wildman–Crippen MR) is 48.8 cm³/mol. The molecular weight excluding hydrogens is 206 g/mol. The van der Waals surface area contributed by atoms with Crippen LogP contribution in [0.15, 0.2) is 21.7 Å². The number of pyridine rings is 1. The Balaban J connectivity index is 3.32. The Labute approximate surface area is 74.0 Å². The summed E-state index contributed by atoms with van der Waals surface area (Å²) in [7, 11) is 0. The number of hydrogen-bond donors (Lipinski definition) is 0. The highest BCUT2D eigenvalue weighted by molar-refractivity contribution is 9.10. The lowest BCUT2D eigenvalue weighted by Gasteiger charge is -2.03. The highest BCUT2D eigenvalue weighted by atomic mass is 79.9. The predicted octanol–water partition coefficient (Wildman–Crippen LogP) is 1.94. The number of aromatic nitrogens is 1. The lowest BCUT2D eigenvalue weighted by atomic mass is 10.3. The van der Waals surface area contributed by atoms with Crippen molar-refractivity contribution in [2.75, 3.05) is 0 Å². The molecule has 0 saturated heterocycles. The summed E-state index contributed by atoms with van der Waals surface area (Å²) in [4.78, 5) is 11.2. The number of hydrogen-bond acceptors (Lipinski definition) is 1. The summed E-state index contributed by atoms with van der Waals surface area (Å²) < 4.78 is 2.61. The van der Waals surface area contributed by atoms with Crippen molar-refractivity contribution in [2.45, 2.75) is 20.4 Å². The maximum atomic E-state index is 11.2. The zero-order chi connectivity index (χ0) is 8.43. The average Bonchev–Trinajstić information content (AvgIpc) is 1.99. The van der Waals surface area contributed by atoms with Gasteiger partial charge in [0.1, 0.15) is 0 Å². The number of aryl methyl sites for hydroxylation is 2. The van der Waals surface area contributed by atoms with Crippen LogP contribution in [0.3, 0.4) is 0 Å². The highest BCUT2D eigenvalue weighted by Gasteiger charge is 1.98. The lowest BCUT2D eigenvalue weighted by molar-refractivity contribution is 0.745. The van der Waals surface area contributed by atoms with Crippen LogP contribution in [-0.2, 0) is 6.54 Å². The van der Waals surface area contributed by atoms with Gasteiger partial charge in [0.2, 0.25) is 0 Å². The van der Waals surface area contributed by atoms with Crippen LogP contribution in [0.25, 0.3) is 0 Å². The van der Waals surface area contributed by atoms with E-state index in [2.05, 4.69) is 15.9 Å². The van der Waals surface area contributed by atoms with E-state index < -0.39 is 0 Å². The van der Waals surface area contributed by atoms with Crippen LogP contribution in [0.2, 0.25) is 0 Å². The lowest BCUT2D eigenvalue weighted by Crippen LogP contribution is -2.10. The minimum absolute atomic E-state index is 0.0784. The molecule has 1 heterocycles. The smallest absolute Gasteiger partial charge is 0.198 e. The molecule has 0 amide bonds. The molecule has 0 radical (unpaired) electrons. The summed E-state index contributed by atoms with van der Waals surface area (Å²) in [5, 5.41) is 0. The second-order valence-electron chi connectivity index (χ2n) is 2.45. The molecule has 0 aliphatic carbocycles. The van der Waals surface area contributed by atoms with Crippen molar-refractivity contribution in [2.24, 2.45) is 0 Å². The van der Waals surface area contributed by atoms with Gasteiger partial charge in [-0.1, -0.05) is 0 Å². The Morgan fingerprint density at radius 2 is 2.18 bits per heavy atom. The first kappa shape index (κ1) is 8.53. The largest absolute Gasteiger partial charge is 0.353 e. The molecule has 1 aromatic heterocycles. The normalized spacial score (nSPS) is 10.1. The second-order valence-corrected chi connectivity index (χ2v) is 3.30. The van der Waals surface area contributed by atoms with Gasteiger partial charge in [-0.05, 0) is 29.8 Å². The first-order valence-corrected chi connectivity index (χ1v) is 4.30. The zero-order valence-corrected chi connectivity index (χ0v) is 8.18. The molecule has 0 fully saturated rings. The molecule has 0 aromatic carbocycles. The van der Waals surface area contributed by atoms with Crippen LogP contribution in [0.1, 0.15) is 12.5 Å². The van der Waals surface area contributed by atoms with Crippen LogP contribution in [0.5, 0.6) is 0 Å². The molecule has 0 unspecified atom stereocenters. The fourth-order valence-corrected chi connectivity index (χ4v) is 1.50. The Bertz CT molecular complexity index is 290. The Hall–Kier alpha value is -0.570. The van der Waals surface area contributed by atoms with Gasteiger partial charge in [-0.25, -0.2) is 0 Å². The van der Waals surface area contributed by atoms with Gasteiger partial charge < -0.3 is 4.57 Å². The summed E-state index contributed by atoms with van der Waals surface area (Å²) in [6.45, 7) is 4.75. The average molecular weight is 216 g/mol. The molecule has 0 bridgehead atoms. The van der Waals surface area contributed by atoms with Gasteiger partial charge in [-0.15, -0.1) is 0 Å². The molecule has 0 N–H and O–H groups in total. The van der Waals surface area contributed by atoms with Crippen molar-refractivity contribution < 1.29 is 0 Å². The van der Waals surface area contributed by atoms with E-state index >= 15 is 0 Å². The summed E-state index contributed by atoms with van der Waals surface area (Å²) in [6.07, 6.45) is 3.66. The van der Waals surface area contributed by atoms with Crippen LogP contribution < -0.4 is 5.43 Å². The van der Waals surface area contributed by atoms with Gasteiger partial charge in [0.15, 0.2) is 5.43 Å². The van der Waals surface area contributed by atoms with Crippen LogP contribution in [0.4, 0.5) is 0 Å². The molecule has 2 nitrogen and oxygen atoms in total. The quantitative estimate of drug-likeness (QED) is 0.703. The molecule has 3 heteroatoms. The minimum Gasteiger partial charge on any atom is -0.353 e. The fourth-order valence-electron chi connectivity index (χ4n) is 0.920. The maximum Gasteiger partial charge on any atom is 0.198 e. The second kappa shape index (κ2) is 3.22. The van der Waals surface area contributed by atoms with Gasteiger partial charge in [-0.2, -0.15) is 0 Å². The molecular formula is C8H10BrNO. The topological polar surface area (TPSA) is 22.0 Å². The van der Waals surface area contributed by atoms with Gasteiger partial charge in [0.05, 0.1) is 4.47 Å². The molecule has 0 aliphatic rings. The van der Waals surface area contributed by atoms with E-state index in [1.807, 2.05) is 24.6 Å². The number of rotatable bonds is 1. The van der Waals surface area contributed by atoms with Crippen molar-refractivity contribution in [1.82, 2.24) is 4.57 Å². The van der Waals surface area contributed by atoms with Crippen molar-refractivity contribution in [1.29, 1.82) is 0 Å². The molecule has 1 aromatic rings. The van der Waals surface area contributed by atoms with E-state index in [0.29, 0.717) is 4.47 Å². The summed E-state index contributed by atoms with van der Waals surface area (Å²) in [5.74, 6) is 0. The SMILES string of the molecule is CCn1cc(C)c(=O)c(Br)c1. The Morgan fingerprint density at radius 1 is 1.55 bits per heavy atom. The fraction of sp³-hybridized carbons (Fsp3) is 0.375. The standard InChI is InChI=1S/C8H10BrNO/c1-3-10-4-6(2)8(11)7(9)5-10/h4-5H,3H2,1-2H3. The van der Waals surface area contributed by atoms with Crippen LogP contribution in [0, 0.1) is 6.92 Å². The van der Waals surface area contributed by atoms with Gasteiger partial charge >= 0.3 is 0 Å². The minimum atomic E-state index is 0.0784. The van der Waals surface area contributed by atoms with Gasteiger partial charge in [-0.3, -0.25) is 4.79 Å². The van der Waals surface area contributed by atoms with Crippen molar-refractivity contribution >= 4 is 15.9 Å². The van der Waals surface area contributed by atoms with Crippen molar-refractivity contribution in [3.05, 3.63) is 32.7 Å². The van der Waals surface area contributed by atoms with E-state index in [9.17, 15) is 4.79 Å². The third-order valence-electron chi connectivity index (χ3n) is 1.58. The van der Waals surface area contributed by atoms with Crippen LogP contribution in [-0.4, -0.2) is 4.57 Å². The molecule has 60 valence electrons. The molecule has 1 rings (SSSR count). The third kappa shape index (κ3) is 1.71. The molecule has 0 aliphatic heterocycles. The highest BCUT2D eigenvalue weighted by Crippen LogP contribution is 2.03. The van der Waals surface area contributed by atoms with E-state index in [1.165, 1.54) is 0 Å². The van der Waals surface area contributed by atoms with Crippen LogP contribution >= 0.6 is 15.9 Å². The molecule has 0 saturated carbocycles. The van der Waals surface area contributed by atoms with Gasteiger partial charge in [0, 0.05) is 24.5 Å². The first-order chi connectivity index (χ1) is 5.15. The number of nitrogens with zero attached hydrogens (tertiary/aromatic N) is 1. The van der Waals surface area contributed by atoms with E-state index in [0.717, 1.165) is 12.1 Å². The van der Waals surface area contributed by atoms with Gasteiger partial charge in [0.25, 0.3) is 0 Å². The third-order valence-corrected chi connectivity index (χ3v) is 2.14. The number of halogens is 1. The maximum absolute atomic E-state index is 11.2. The monoisotopic (exact) mass is 215 g/mol. The summed E-state index contributed by atoms with van der Waals surface area (Å²) in [6, 6.07) is 0. The first-order valence-electron chi connectivity index (χ1n) is 3.51. The van der Waals surface area contributed by atoms with Crippen molar-refractivity contribution in [3.63, 3.8) is 0 Å². The summed E-state index contributed by atoms with van der Waals surface area (Å²) >= 11 is 3.20. The molecule has 0 spiro atoms. The molecule has 11 heavy (non-hydrogen) atoms. The van der Waals surface area contributed by atoms with Crippen molar-refractivity contribution in [3.8, 4) is 0 Å². The van der Waals surface area contributed by atoms with E-state index in [4.69, 9.17) is 0 Å². The van der Waals surface area contributed by atoms with E-state index in [-0.39, 0.29) is 5.43 Å². The summed E-state index contributed by atoms with van der Waals surface area (Å²) in [5.41, 5.74) is 0.857. The molecule has 0 atom stereocenters. The Morgan fingerprint density at radius 3 is 2.64 bits per heavy atom.